The highest BCUT2D eigenvalue weighted by atomic mass is 35.5. The molecule has 2 atom stereocenters. The van der Waals surface area contributed by atoms with E-state index in [0.29, 0.717) is 26.9 Å². The second-order valence-corrected chi connectivity index (χ2v) is 9.25. The predicted octanol–water partition coefficient (Wildman–Crippen LogP) is 4.19. The summed E-state index contributed by atoms with van der Waals surface area (Å²) < 4.78 is 23.5. The van der Waals surface area contributed by atoms with Crippen LogP contribution in [0.1, 0.15) is 23.4 Å². The second-order valence-electron chi connectivity index (χ2n) is 6.42. The van der Waals surface area contributed by atoms with Gasteiger partial charge in [-0.15, -0.1) is 0 Å². The summed E-state index contributed by atoms with van der Waals surface area (Å²) in [5.74, 6) is 0. The van der Waals surface area contributed by atoms with Crippen molar-refractivity contribution in [2.75, 3.05) is 6.26 Å². The van der Waals surface area contributed by atoms with Crippen LogP contribution in [0.15, 0.2) is 65.7 Å². The van der Waals surface area contributed by atoms with Crippen LogP contribution in [-0.4, -0.2) is 24.8 Å². The molecule has 3 aromatic rings. The van der Waals surface area contributed by atoms with Gasteiger partial charge in [0, 0.05) is 18.0 Å². The highest BCUT2D eigenvalue weighted by Crippen LogP contribution is 2.31. The Bertz CT molecular complexity index is 1100. The van der Waals surface area contributed by atoms with Gasteiger partial charge in [-0.2, -0.15) is 0 Å². The Morgan fingerprint density at radius 1 is 1.00 bits per heavy atom. The lowest BCUT2D eigenvalue weighted by atomic mass is 9.99. The van der Waals surface area contributed by atoms with E-state index in [9.17, 15) is 13.5 Å². The smallest absolute Gasteiger partial charge is 0.175 e. The van der Waals surface area contributed by atoms with E-state index in [2.05, 4.69) is 4.98 Å². The van der Waals surface area contributed by atoms with Gasteiger partial charge in [0.25, 0.3) is 0 Å². The Balaban J connectivity index is 1.85. The monoisotopic (exact) mass is 436 g/mol. The van der Waals surface area contributed by atoms with Crippen LogP contribution in [0.2, 0.25) is 10.0 Å². The number of benzene rings is 2. The maximum absolute atomic E-state index is 11.7. The maximum Gasteiger partial charge on any atom is 0.175 e. The van der Waals surface area contributed by atoms with Crippen molar-refractivity contribution in [3.8, 4) is 11.1 Å². The fraction of sp³-hybridized carbons (Fsp3) is 0.150. The summed E-state index contributed by atoms with van der Waals surface area (Å²) >= 11 is 11.9. The third-order valence-corrected chi connectivity index (χ3v) is 6.20. The number of hydrogen-bond acceptors (Lipinski definition) is 5. The van der Waals surface area contributed by atoms with Crippen LogP contribution in [-0.2, 0) is 9.84 Å². The molecule has 0 saturated heterocycles. The Hall–Kier alpha value is -1.96. The quantitative estimate of drug-likeness (QED) is 0.624. The zero-order valence-electron chi connectivity index (χ0n) is 14.9. The van der Waals surface area contributed by atoms with Crippen LogP contribution in [0.4, 0.5) is 0 Å². The predicted molar refractivity (Wildman–Crippen MR) is 111 cm³/mol. The SMILES string of the molecule is CS(=O)(=O)c1cccc(-c2ccc([C@@H](O)[C@H](N)c3ccc(Cl)c(Cl)c3)nc2)c1. The minimum atomic E-state index is -3.30. The van der Waals surface area contributed by atoms with E-state index in [1.165, 1.54) is 0 Å². The largest absolute Gasteiger partial charge is 0.385 e. The molecule has 0 aliphatic carbocycles. The number of rotatable bonds is 5. The van der Waals surface area contributed by atoms with Crippen molar-refractivity contribution in [3.05, 3.63) is 82.1 Å². The first kappa shape index (κ1) is 20.8. The Kier molecular flexibility index (Phi) is 6.07. The summed E-state index contributed by atoms with van der Waals surface area (Å²) in [5.41, 5.74) is 8.61. The normalized spacial score (nSPS) is 13.9. The molecule has 0 saturated carbocycles. The fourth-order valence-electron chi connectivity index (χ4n) is 2.74. The highest BCUT2D eigenvalue weighted by molar-refractivity contribution is 7.90. The third-order valence-electron chi connectivity index (χ3n) is 4.35. The average Bonchev–Trinajstić information content (AvgIpc) is 2.68. The lowest BCUT2D eigenvalue weighted by Crippen LogP contribution is -2.20. The van der Waals surface area contributed by atoms with Crippen molar-refractivity contribution in [1.82, 2.24) is 4.98 Å². The Morgan fingerprint density at radius 2 is 1.75 bits per heavy atom. The standard InChI is InChI=1S/C20H18Cl2N2O3S/c1-28(26,27)15-4-2-3-12(9-15)14-6-8-18(24-11-14)20(25)19(23)13-5-7-16(21)17(22)10-13/h2-11,19-20,25H,23H2,1H3/t19-,20-/m1/s1. The molecule has 0 bridgehead atoms. The molecule has 2 aromatic carbocycles. The molecule has 0 spiro atoms. The maximum atomic E-state index is 11.7. The van der Waals surface area contributed by atoms with E-state index in [4.69, 9.17) is 28.9 Å². The molecular formula is C20H18Cl2N2O3S. The van der Waals surface area contributed by atoms with Gasteiger partial charge in [-0.3, -0.25) is 4.98 Å². The van der Waals surface area contributed by atoms with E-state index in [0.717, 1.165) is 11.8 Å². The fourth-order valence-corrected chi connectivity index (χ4v) is 3.72. The molecule has 3 N–H and O–H groups in total. The number of sulfone groups is 1. The summed E-state index contributed by atoms with van der Waals surface area (Å²) in [4.78, 5) is 4.53. The number of hydrogen-bond donors (Lipinski definition) is 2. The van der Waals surface area contributed by atoms with Crippen molar-refractivity contribution in [1.29, 1.82) is 0 Å². The van der Waals surface area contributed by atoms with Gasteiger partial charge >= 0.3 is 0 Å². The lowest BCUT2D eigenvalue weighted by Gasteiger charge is -2.19. The minimum absolute atomic E-state index is 0.232. The van der Waals surface area contributed by atoms with Gasteiger partial charge in [0.15, 0.2) is 9.84 Å². The van der Waals surface area contributed by atoms with Gasteiger partial charge in [-0.05, 0) is 41.5 Å². The molecule has 5 nitrogen and oxygen atoms in total. The van der Waals surface area contributed by atoms with E-state index < -0.39 is 22.0 Å². The van der Waals surface area contributed by atoms with Crippen LogP contribution in [0, 0.1) is 0 Å². The average molecular weight is 437 g/mol. The summed E-state index contributed by atoms with van der Waals surface area (Å²) in [6, 6.07) is 14.2. The molecule has 8 heteroatoms. The number of nitrogens with zero attached hydrogens (tertiary/aromatic N) is 1. The third kappa shape index (κ3) is 4.54. The first-order valence-electron chi connectivity index (χ1n) is 8.32. The van der Waals surface area contributed by atoms with Crippen molar-refractivity contribution >= 4 is 33.0 Å². The Labute approximate surface area is 173 Å². The summed E-state index contributed by atoms with van der Waals surface area (Å²) in [5, 5.41) is 11.3. The van der Waals surface area contributed by atoms with Crippen molar-refractivity contribution < 1.29 is 13.5 Å². The van der Waals surface area contributed by atoms with Crippen LogP contribution < -0.4 is 5.73 Å². The van der Waals surface area contributed by atoms with Gasteiger partial charge in [0.2, 0.25) is 0 Å². The number of nitrogens with two attached hydrogens (primary N) is 1. The second kappa shape index (κ2) is 8.19. The Morgan fingerprint density at radius 3 is 2.36 bits per heavy atom. The van der Waals surface area contributed by atoms with E-state index >= 15 is 0 Å². The zero-order valence-corrected chi connectivity index (χ0v) is 17.2. The molecule has 0 aliphatic heterocycles. The number of aromatic nitrogens is 1. The van der Waals surface area contributed by atoms with Gasteiger partial charge in [0.1, 0.15) is 6.10 Å². The molecule has 0 amide bonds. The van der Waals surface area contributed by atoms with E-state index in [-0.39, 0.29) is 4.90 Å². The van der Waals surface area contributed by atoms with E-state index in [1.807, 2.05) is 0 Å². The summed E-state index contributed by atoms with van der Waals surface area (Å²) in [7, 11) is -3.30. The van der Waals surface area contributed by atoms with Gasteiger partial charge in [-0.25, -0.2) is 8.42 Å². The molecular weight excluding hydrogens is 419 g/mol. The number of aliphatic hydroxyl groups is 1. The first-order valence-corrected chi connectivity index (χ1v) is 11.0. The number of pyridine rings is 1. The zero-order chi connectivity index (χ0) is 20.5. The molecule has 146 valence electrons. The summed E-state index contributed by atoms with van der Waals surface area (Å²) in [6.45, 7) is 0. The number of halogens is 2. The van der Waals surface area contributed by atoms with Crippen LogP contribution in [0.5, 0.6) is 0 Å². The molecule has 0 fully saturated rings. The van der Waals surface area contributed by atoms with Crippen LogP contribution in [0.25, 0.3) is 11.1 Å². The van der Waals surface area contributed by atoms with Crippen molar-refractivity contribution in [3.63, 3.8) is 0 Å². The lowest BCUT2D eigenvalue weighted by molar-refractivity contribution is 0.142. The molecule has 28 heavy (non-hydrogen) atoms. The van der Waals surface area contributed by atoms with Crippen LogP contribution in [0.3, 0.4) is 0 Å². The van der Waals surface area contributed by atoms with Crippen LogP contribution >= 0.6 is 23.2 Å². The van der Waals surface area contributed by atoms with Crippen molar-refractivity contribution in [2.45, 2.75) is 17.0 Å². The molecule has 3 rings (SSSR count). The molecule has 0 unspecified atom stereocenters. The van der Waals surface area contributed by atoms with Crippen molar-refractivity contribution in [2.24, 2.45) is 5.73 Å². The van der Waals surface area contributed by atoms with Gasteiger partial charge in [-0.1, -0.05) is 47.5 Å². The first-order chi connectivity index (χ1) is 13.2. The van der Waals surface area contributed by atoms with Gasteiger partial charge in [0.05, 0.1) is 26.7 Å². The molecule has 0 radical (unpaired) electrons. The molecule has 1 aromatic heterocycles. The number of aliphatic hydroxyl groups excluding tert-OH is 1. The molecule has 0 aliphatic rings. The van der Waals surface area contributed by atoms with Gasteiger partial charge < -0.3 is 10.8 Å². The van der Waals surface area contributed by atoms with E-state index in [1.54, 1.807) is 60.8 Å². The topological polar surface area (TPSA) is 93.3 Å². The summed E-state index contributed by atoms with van der Waals surface area (Å²) in [6.07, 6.45) is 1.68. The minimum Gasteiger partial charge on any atom is -0.385 e. The molecule has 1 heterocycles. The highest BCUT2D eigenvalue weighted by Gasteiger charge is 2.21.